The van der Waals surface area contributed by atoms with Crippen molar-refractivity contribution in [1.29, 1.82) is 0 Å². The van der Waals surface area contributed by atoms with E-state index in [-0.39, 0.29) is 18.1 Å². The van der Waals surface area contributed by atoms with E-state index in [9.17, 15) is 9.90 Å². The van der Waals surface area contributed by atoms with Crippen LogP contribution in [-0.2, 0) is 9.53 Å². The molecule has 1 saturated carbocycles. The fourth-order valence-electron chi connectivity index (χ4n) is 5.57. The summed E-state index contributed by atoms with van der Waals surface area (Å²) in [5.41, 5.74) is 2.93. The van der Waals surface area contributed by atoms with Crippen molar-refractivity contribution >= 4 is 28.3 Å². The fraction of sp³-hybridized carbons (Fsp3) is 0.480. The predicted molar refractivity (Wildman–Crippen MR) is 126 cm³/mol. The van der Waals surface area contributed by atoms with Gasteiger partial charge in [0.25, 0.3) is 5.91 Å². The van der Waals surface area contributed by atoms with Crippen LogP contribution in [0.25, 0.3) is 22.3 Å². The first kappa shape index (κ1) is 20.6. The van der Waals surface area contributed by atoms with Crippen LogP contribution in [-0.4, -0.2) is 63.4 Å². The third-order valence-corrected chi connectivity index (χ3v) is 7.61. The van der Waals surface area contributed by atoms with Crippen molar-refractivity contribution in [3.8, 4) is 11.4 Å². The van der Waals surface area contributed by atoms with Gasteiger partial charge in [-0.2, -0.15) is 0 Å². The molecule has 0 unspecified atom stereocenters. The Morgan fingerprint density at radius 3 is 2.94 bits per heavy atom. The van der Waals surface area contributed by atoms with Crippen LogP contribution in [0.15, 0.2) is 30.6 Å². The van der Waals surface area contributed by atoms with Crippen LogP contribution in [0.4, 0.5) is 11.5 Å². The van der Waals surface area contributed by atoms with Gasteiger partial charge in [-0.25, -0.2) is 9.97 Å². The van der Waals surface area contributed by atoms with Gasteiger partial charge in [-0.05, 0) is 45.1 Å². The number of hydrogen-bond donors (Lipinski definition) is 2. The van der Waals surface area contributed by atoms with Crippen LogP contribution in [0.1, 0.15) is 38.2 Å². The Kier molecular flexibility index (Phi) is 4.54. The summed E-state index contributed by atoms with van der Waals surface area (Å²) in [6.07, 6.45) is 7.08. The van der Waals surface area contributed by atoms with Crippen LogP contribution in [0.3, 0.4) is 0 Å². The monoisotopic (exact) mass is 447 g/mol. The van der Waals surface area contributed by atoms with Gasteiger partial charge in [0.15, 0.2) is 11.6 Å². The summed E-state index contributed by atoms with van der Waals surface area (Å²) in [4.78, 5) is 31.1. The molecule has 6 rings (SSSR count). The van der Waals surface area contributed by atoms with Crippen molar-refractivity contribution in [2.45, 2.75) is 50.6 Å². The van der Waals surface area contributed by atoms with Gasteiger partial charge in [0.05, 0.1) is 19.4 Å². The van der Waals surface area contributed by atoms with Crippen LogP contribution >= 0.6 is 0 Å². The average Bonchev–Trinajstić information content (AvgIpc) is 3.47. The molecule has 0 spiro atoms. The number of fused-ring (bicyclic) bond motifs is 4. The first-order chi connectivity index (χ1) is 16.0. The van der Waals surface area contributed by atoms with Gasteiger partial charge >= 0.3 is 0 Å². The number of H-pyrrole nitrogens is 1. The van der Waals surface area contributed by atoms with E-state index in [2.05, 4.69) is 28.9 Å². The number of morpholine rings is 1. The van der Waals surface area contributed by atoms with E-state index in [0.29, 0.717) is 32.0 Å². The second-order valence-corrected chi connectivity index (χ2v) is 9.77. The highest BCUT2D eigenvalue weighted by Crippen LogP contribution is 2.53. The van der Waals surface area contributed by atoms with Gasteiger partial charge in [-0.1, -0.05) is 18.2 Å². The number of aromatic amines is 1. The summed E-state index contributed by atoms with van der Waals surface area (Å²) in [6.45, 7) is 5.67. The number of nitrogens with one attached hydrogen (secondary N) is 1. The van der Waals surface area contributed by atoms with E-state index < -0.39 is 5.54 Å². The number of amides is 1. The van der Waals surface area contributed by atoms with Gasteiger partial charge in [-0.3, -0.25) is 9.69 Å². The molecule has 1 atom stereocenters. The standard InChI is InChI=1S/C25H29N5O3/c1-16-5-3-6-17-18(13-26-20(16)17)21-27-14-19-22(28-21)29-10-12-33-15-24(29,2)23(32)30(19)25(8-9-25)7-4-11-31/h3,5-6,13-14,26,31H,4,7-12,15H2,1-2H3/t24-/m0/s1. The molecule has 0 bridgehead atoms. The van der Waals surface area contributed by atoms with E-state index in [1.807, 2.05) is 30.3 Å². The number of carbonyl (C=O) groups excluding carboxylic acids is 1. The number of aliphatic hydroxyl groups excluding tert-OH is 1. The minimum Gasteiger partial charge on any atom is -0.396 e. The summed E-state index contributed by atoms with van der Waals surface area (Å²) in [5, 5.41) is 10.5. The van der Waals surface area contributed by atoms with Gasteiger partial charge < -0.3 is 19.7 Å². The molecule has 3 aliphatic rings. The zero-order valence-corrected chi connectivity index (χ0v) is 19.1. The highest BCUT2D eigenvalue weighted by molar-refractivity contribution is 6.09. The maximum Gasteiger partial charge on any atom is 0.255 e. The van der Waals surface area contributed by atoms with Crippen LogP contribution < -0.4 is 9.80 Å². The van der Waals surface area contributed by atoms with Gasteiger partial charge in [0.2, 0.25) is 0 Å². The molecular formula is C25H29N5O3. The maximum atomic E-state index is 13.9. The molecule has 1 aromatic carbocycles. The Balaban J connectivity index is 1.51. The first-order valence-electron chi connectivity index (χ1n) is 11.7. The topological polar surface area (TPSA) is 94.6 Å². The van der Waals surface area contributed by atoms with Gasteiger partial charge in [0.1, 0.15) is 11.2 Å². The second kappa shape index (κ2) is 7.27. The Hall–Kier alpha value is -2.97. The first-order valence-corrected chi connectivity index (χ1v) is 11.7. The summed E-state index contributed by atoms with van der Waals surface area (Å²) in [7, 11) is 0. The smallest absolute Gasteiger partial charge is 0.255 e. The number of para-hydroxylation sites is 1. The second-order valence-electron chi connectivity index (χ2n) is 9.77. The number of rotatable bonds is 5. The van der Waals surface area contributed by atoms with E-state index in [0.717, 1.165) is 47.2 Å². The maximum absolute atomic E-state index is 13.9. The van der Waals surface area contributed by atoms with Crippen molar-refractivity contribution in [2.75, 3.05) is 36.2 Å². The number of carbonyl (C=O) groups is 1. The van der Waals surface area contributed by atoms with Crippen LogP contribution in [0.5, 0.6) is 0 Å². The predicted octanol–water partition coefficient (Wildman–Crippen LogP) is 3.18. The number of anilines is 2. The Bertz CT molecular complexity index is 1250. The zero-order valence-electron chi connectivity index (χ0n) is 19.1. The molecule has 2 N–H and O–H groups in total. The summed E-state index contributed by atoms with van der Waals surface area (Å²) in [5.74, 6) is 1.49. The van der Waals surface area contributed by atoms with Crippen molar-refractivity contribution in [2.24, 2.45) is 0 Å². The van der Waals surface area contributed by atoms with Crippen LogP contribution in [0.2, 0.25) is 0 Å². The molecule has 2 aliphatic heterocycles. The summed E-state index contributed by atoms with van der Waals surface area (Å²) >= 11 is 0. The largest absolute Gasteiger partial charge is 0.396 e. The van der Waals surface area contributed by atoms with E-state index >= 15 is 0 Å². The molecule has 1 saturated heterocycles. The quantitative estimate of drug-likeness (QED) is 0.624. The number of benzene rings is 1. The molecule has 2 aromatic heterocycles. The molecule has 8 nitrogen and oxygen atoms in total. The number of hydrogen-bond acceptors (Lipinski definition) is 6. The van der Waals surface area contributed by atoms with Crippen molar-refractivity contribution in [1.82, 2.24) is 15.0 Å². The number of nitrogens with zero attached hydrogens (tertiary/aromatic N) is 4. The summed E-state index contributed by atoms with van der Waals surface area (Å²) < 4.78 is 5.79. The lowest BCUT2D eigenvalue weighted by atomic mass is 9.91. The van der Waals surface area contributed by atoms with E-state index in [1.54, 1.807) is 0 Å². The highest BCUT2D eigenvalue weighted by atomic mass is 16.5. The molecule has 172 valence electrons. The lowest BCUT2D eigenvalue weighted by Gasteiger charge is -2.52. The van der Waals surface area contributed by atoms with E-state index in [1.165, 1.54) is 5.56 Å². The lowest BCUT2D eigenvalue weighted by Crippen LogP contribution is -2.69. The third-order valence-electron chi connectivity index (χ3n) is 7.61. The average molecular weight is 448 g/mol. The molecule has 1 amide bonds. The molecule has 8 heteroatoms. The Morgan fingerprint density at radius 2 is 2.15 bits per heavy atom. The van der Waals surface area contributed by atoms with Gasteiger partial charge in [-0.15, -0.1) is 0 Å². The Morgan fingerprint density at radius 1 is 1.30 bits per heavy atom. The zero-order chi connectivity index (χ0) is 22.8. The van der Waals surface area contributed by atoms with Crippen molar-refractivity contribution < 1.29 is 14.6 Å². The van der Waals surface area contributed by atoms with Crippen LogP contribution in [0, 0.1) is 6.92 Å². The number of aromatic nitrogens is 3. The van der Waals surface area contributed by atoms with Crippen molar-refractivity contribution in [3.05, 3.63) is 36.2 Å². The molecule has 3 aromatic rings. The lowest BCUT2D eigenvalue weighted by molar-refractivity contribution is -0.128. The number of aliphatic hydroxyl groups is 1. The minimum absolute atomic E-state index is 0.0456. The molecule has 4 heterocycles. The molecule has 0 radical (unpaired) electrons. The fourth-order valence-corrected chi connectivity index (χ4v) is 5.57. The third kappa shape index (κ3) is 2.93. The Labute approximate surface area is 192 Å². The highest BCUT2D eigenvalue weighted by Gasteiger charge is 2.59. The summed E-state index contributed by atoms with van der Waals surface area (Å²) in [6, 6.07) is 6.21. The number of aryl methyl sites for hydroxylation is 1. The number of ether oxygens (including phenoxy) is 1. The normalized spacial score (nSPS) is 23.5. The molecular weight excluding hydrogens is 418 g/mol. The van der Waals surface area contributed by atoms with Gasteiger partial charge in [0, 0.05) is 41.4 Å². The van der Waals surface area contributed by atoms with Crippen molar-refractivity contribution in [3.63, 3.8) is 0 Å². The van der Waals surface area contributed by atoms with E-state index in [4.69, 9.17) is 14.7 Å². The molecule has 2 fully saturated rings. The SMILES string of the molecule is Cc1cccc2c(-c3ncc4c(n3)N3CCOC[C@@]3(C)C(=O)N4C3(CCCO)CC3)c[nH]c12. The molecule has 33 heavy (non-hydrogen) atoms. The minimum atomic E-state index is -0.803. The molecule has 1 aliphatic carbocycles.